The summed E-state index contributed by atoms with van der Waals surface area (Å²) in [5.41, 5.74) is 3.86. The molecule has 0 aromatic heterocycles. The first kappa shape index (κ1) is 22.0. The molecule has 0 spiro atoms. The number of nitrogens with zero attached hydrogens (tertiary/aromatic N) is 1. The first-order valence-electron chi connectivity index (χ1n) is 10.8. The number of carbonyl (C=O) groups is 2. The molecule has 3 aromatic carbocycles. The molecule has 0 saturated carbocycles. The van der Waals surface area contributed by atoms with Crippen LogP contribution in [0.15, 0.2) is 83.8 Å². The minimum atomic E-state index is -0.156. The van der Waals surface area contributed by atoms with Crippen molar-refractivity contribution in [2.75, 3.05) is 27.8 Å². The van der Waals surface area contributed by atoms with Crippen LogP contribution in [0.5, 0.6) is 0 Å². The predicted octanol–water partition coefficient (Wildman–Crippen LogP) is 5.72. The van der Waals surface area contributed by atoms with Crippen molar-refractivity contribution in [2.24, 2.45) is 0 Å². The molecule has 0 bridgehead atoms. The number of hydrogen-bond acceptors (Lipinski definition) is 4. The van der Waals surface area contributed by atoms with Gasteiger partial charge in [-0.2, -0.15) is 0 Å². The van der Waals surface area contributed by atoms with Gasteiger partial charge in [-0.25, -0.2) is 0 Å². The number of para-hydroxylation sites is 1. The molecule has 1 aliphatic rings. The standard InChI is InChI=1S/C26H27N3O2S/c1-19(20-7-3-2-4-8-20)27-21-11-13-22(14-12-21)28-25(30)15-16-26(31)29-17-18-32-24-10-6-5-9-23(24)29/h2-14,19,27H,15-18H2,1H3,(H,28,30). The first-order valence-corrected chi connectivity index (χ1v) is 11.8. The van der Waals surface area contributed by atoms with E-state index in [1.807, 2.05) is 66.7 Å². The van der Waals surface area contributed by atoms with E-state index >= 15 is 0 Å². The fraction of sp³-hybridized carbons (Fsp3) is 0.231. The van der Waals surface area contributed by atoms with Crippen LogP contribution in [0.2, 0.25) is 0 Å². The minimum Gasteiger partial charge on any atom is -0.379 e. The molecule has 2 N–H and O–H groups in total. The lowest BCUT2D eigenvalue weighted by Crippen LogP contribution is -2.35. The highest BCUT2D eigenvalue weighted by Crippen LogP contribution is 2.34. The van der Waals surface area contributed by atoms with E-state index in [1.54, 1.807) is 16.7 Å². The summed E-state index contributed by atoms with van der Waals surface area (Å²) in [6, 6.07) is 26.0. The molecule has 1 heterocycles. The van der Waals surface area contributed by atoms with Gasteiger partial charge < -0.3 is 15.5 Å². The summed E-state index contributed by atoms with van der Waals surface area (Å²) in [5, 5.41) is 6.35. The number of anilines is 3. The lowest BCUT2D eigenvalue weighted by atomic mass is 10.1. The summed E-state index contributed by atoms with van der Waals surface area (Å²) >= 11 is 1.76. The van der Waals surface area contributed by atoms with Gasteiger partial charge in [-0.3, -0.25) is 9.59 Å². The van der Waals surface area contributed by atoms with Crippen LogP contribution >= 0.6 is 11.8 Å². The normalized spacial score (nSPS) is 13.7. The van der Waals surface area contributed by atoms with E-state index in [9.17, 15) is 9.59 Å². The molecule has 3 aromatic rings. The van der Waals surface area contributed by atoms with Crippen LogP contribution in [0.3, 0.4) is 0 Å². The zero-order chi connectivity index (χ0) is 22.3. The fourth-order valence-electron chi connectivity index (χ4n) is 3.73. The molecule has 5 nitrogen and oxygen atoms in total. The summed E-state index contributed by atoms with van der Waals surface area (Å²) in [6.45, 7) is 2.79. The van der Waals surface area contributed by atoms with E-state index < -0.39 is 0 Å². The highest BCUT2D eigenvalue weighted by molar-refractivity contribution is 7.99. The minimum absolute atomic E-state index is 0.0117. The first-order chi connectivity index (χ1) is 15.6. The smallest absolute Gasteiger partial charge is 0.227 e. The molecule has 32 heavy (non-hydrogen) atoms. The second-order valence-corrected chi connectivity index (χ2v) is 8.90. The van der Waals surface area contributed by atoms with E-state index in [-0.39, 0.29) is 30.7 Å². The van der Waals surface area contributed by atoms with Crippen LogP contribution < -0.4 is 15.5 Å². The summed E-state index contributed by atoms with van der Waals surface area (Å²) in [4.78, 5) is 28.0. The summed E-state index contributed by atoms with van der Waals surface area (Å²) < 4.78 is 0. The number of amides is 2. The summed E-state index contributed by atoms with van der Waals surface area (Å²) in [7, 11) is 0. The molecule has 164 valence electrons. The van der Waals surface area contributed by atoms with Crippen LogP contribution in [0.1, 0.15) is 31.4 Å². The number of benzene rings is 3. The van der Waals surface area contributed by atoms with Crippen molar-refractivity contribution in [3.05, 3.63) is 84.4 Å². The Kier molecular flexibility index (Phi) is 7.12. The lowest BCUT2D eigenvalue weighted by Gasteiger charge is -2.29. The Hall–Kier alpha value is -3.25. The van der Waals surface area contributed by atoms with Crippen molar-refractivity contribution in [1.82, 2.24) is 0 Å². The van der Waals surface area contributed by atoms with Gasteiger partial charge in [0.2, 0.25) is 11.8 Å². The molecule has 1 unspecified atom stereocenters. The predicted molar refractivity (Wildman–Crippen MR) is 132 cm³/mol. The number of hydrogen-bond donors (Lipinski definition) is 2. The monoisotopic (exact) mass is 445 g/mol. The molecule has 0 fully saturated rings. The SMILES string of the molecule is CC(Nc1ccc(NC(=O)CCC(=O)N2CCSc3ccccc32)cc1)c1ccccc1. The molecule has 2 amide bonds. The van der Waals surface area contributed by atoms with Gasteiger partial charge in [0.15, 0.2) is 0 Å². The molecule has 0 saturated heterocycles. The van der Waals surface area contributed by atoms with Crippen LogP contribution in [0.4, 0.5) is 17.1 Å². The molecular formula is C26H27N3O2S. The Morgan fingerprint density at radius 3 is 2.38 bits per heavy atom. The lowest BCUT2D eigenvalue weighted by molar-refractivity contribution is -0.122. The van der Waals surface area contributed by atoms with Crippen LogP contribution in [0, 0.1) is 0 Å². The van der Waals surface area contributed by atoms with Gasteiger partial charge >= 0.3 is 0 Å². The molecule has 1 aliphatic heterocycles. The second kappa shape index (κ2) is 10.4. The maximum atomic E-state index is 12.7. The maximum absolute atomic E-state index is 12.7. The second-order valence-electron chi connectivity index (χ2n) is 7.76. The van der Waals surface area contributed by atoms with Gasteiger partial charge in [0.25, 0.3) is 0 Å². The zero-order valence-electron chi connectivity index (χ0n) is 18.1. The Morgan fingerprint density at radius 1 is 0.906 bits per heavy atom. The number of thioether (sulfide) groups is 1. The van der Waals surface area contributed by atoms with E-state index in [2.05, 4.69) is 29.7 Å². The Bertz CT molecular complexity index is 1070. The van der Waals surface area contributed by atoms with E-state index in [1.165, 1.54) is 5.56 Å². The van der Waals surface area contributed by atoms with Crippen molar-refractivity contribution < 1.29 is 9.59 Å². The molecule has 0 aliphatic carbocycles. The van der Waals surface area contributed by atoms with Crippen molar-refractivity contribution in [3.8, 4) is 0 Å². The maximum Gasteiger partial charge on any atom is 0.227 e. The number of rotatable bonds is 7. The van der Waals surface area contributed by atoms with Crippen LogP contribution in [-0.2, 0) is 9.59 Å². The zero-order valence-corrected chi connectivity index (χ0v) is 18.9. The topological polar surface area (TPSA) is 61.4 Å². The van der Waals surface area contributed by atoms with Crippen molar-refractivity contribution in [3.63, 3.8) is 0 Å². The van der Waals surface area contributed by atoms with Gasteiger partial charge in [0.05, 0.1) is 5.69 Å². The average molecular weight is 446 g/mol. The number of nitrogens with one attached hydrogen (secondary N) is 2. The Balaban J connectivity index is 1.27. The van der Waals surface area contributed by atoms with Gasteiger partial charge in [-0.1, -0.05) is 42.5 Å². The summed E-state index contributed by atoms with van der Waals surface area (Å²) in [6.07, 6.45) is 0.356. The van der Waals surface area contributed by atoms with Crippen molar-refractivity contribution in [2.45, 2.75) is 30.7 Å². The molecule has 4 rings (SSSR count). The highest BCUT2D eigenvalue weighted by Gasteiger charge is 2.22. The number of carbonyl (C=O) groups excluding carboxylic acids is 2. The molecule has 1 atom stereocenters. The Morgan fingerprint density at radius 2 is 1.59 bits per heavy atom. The van der Waals surface area contributed by atoms with E-state index in [0.717, 1.165) is 27.7 Å². The third kappa shape index (κ3) is 5.51. The van der Waals surface area contributed by atoms with Crippen LogP contribution in [0.25, 0.3) is 0 Å². The van der Waals surface area contributed by atoms with Gasteiger partial charge in [0, 0.05) is 47.5 Å². The Labute approximate surface area is 193 Å². The average Bonchev–Trinajstić information content (AvgIpc) is 2.84. The quantitative estimate of drug-likeness (QED) is 0.488. The van der Waals surface area contributed by atoms with Gasteiger partial charge in [-0.05, 0) is 48.9 Å². The third-order valence-corrected chi connectivity index (χ3v) is 6.49. The van der Waals surface area contributed by atoms with Gasteiger partial charge in [0.1, 0.15) is 0 Å². The largest absolute Gasteiger partial charge is 0.379 e. The molecular weight excluding hydrogens is 418 g/mol. The van der Waals surface area contributed by atoms with Crippen LogP contribution in [-0.4, -0.2) is 24.1 Å². The van der Waals surface area contributed by atoms with Crippen molar-refractivity contribution in [1.29, 1.82) is 0 Å². The summed E-state index contributed by atoms with van der Waals surface area (Å²) in [5.74, 6) is 0.705. The fourth-order valence-corrected chi connectivity index (χ4v) is 4.73. The third-order valence-electron chi connectivity index (χ3n) is 5.45. The van der Waals surface area contributed by atoms with Crippen molar-refractivity contribution >= 4 is 40.6 Å². The highest BCUT2D eigenvalue weighted by atomic mass is 32.2. The number of fused-ring (bicyclic) bond motifs is 1. The molecule has 6 heteroatoms. The molecule has 0 radical (unpaired) electrons. The van der Waals surface area contributed by atoms with E-state index in [4.69, 9.17) is 0 Å². The van der Waals surface area contributed by atoms with Gasteiger partial charge in [-0.15, -0.1) is 11.8 Å². The van der Waals surface area contributed by atoms with E-state index in [0.29, 0.717) is 6.54 Å².